The summed E-state index contributed by atoms with van der Waals surface area (Å²) in [6, 6.07) is 7.68. The Balaban J connectivity index is 1.83. The minimum absolute atomic E-state index is 0.0943. The van der Waals surface area contributed by atoms with Crippen LogP contribution >= 0.6 is 0 Å². The molecule has 2 aromatic heterocycles. The monoisotopic (exact) mass is 241 g/mol. The standard InChI is InChI=1S/C14H15N3O/c18-14(9-12-3-1-2-6-16-12)17-8-5-11-10-15-7-4-13(11)17/h1-3,5-6,8,15H,4,7,9-10H2. The topological polar surface area (TPSA) is 46.9 Å². The van der Waals surface area contributed by atoms with Crippen molar-refractivity contribution in [1.82, 2.24) is 14.9 Å². The smallest absolute Gasteiger partial charge is 0.236 e. The van der Waals surface area contributed by atoms with Crippen LogP contribution in [0.25, 0.3) is 0 Å². The minimum Gasteiger partial charge on any atom is -0.312 e. The van der Waals surface area contributed by atoms with Gasteiger partial charge in [-0.25, -0.2) is 0 Å². The molecular weight excluding hydrogens is 226 g/mol. The van der Waals surface area contributed by atoms with Gasteiger partial charge in [0.1, 0.15) is 0 Å². The number of carbonyl (C=O) groups excluding carboxylic acids is 1. The summed E-state index contributed by atoms with van der Waals surface area (Å²) in [6.07, 6.45) is 4.87. The number of rotatable bonds is 2. The lowest BCUT2D eigenvalue weighted by Crippen LogP contribution is -2.26. The summed E-state index contributed by atoms with van der Waals surface area (Å²) in [5.41, 5.74) is 3.20. The van der Waals surface area contributed by atoms with Crippen LogP contribution in [0.5, 0.6) is 0 Å². The molecule has 0 amide bonds. The Morgan fingerprint density at radius 1 is 1.39 bits per heavy atom. The van der Waals surface area contributed by atoms with Crippen LogP contribution in [-0.4, -0.2) is 22.0 Å². The molecule has 0 aliphatic carbocycles. The fourth-order valence-corrected chi connectivity index (χ4v) is 2.35. The average Bonchev–Trinajstić information content (AvgIpc) is 2.84. The van der Waals surface area contributed by atoms with E-state index in [0.717, 1.165) is 30.9 Å². The summed E-state index contributed by atoms with van der Waals surface area (Å²) in [4.78, 5) is 16.4. The third kappa shape index (κ3) is 2.07. The zero-order chi connectivity index (χ0) is 12.4. The third-order valence-electron chi connectivity index (χ3n) is 3.27. The number of hydrogen-bond acceptors (Lipinski definition) is 3. The van der Waals surface area contributed by atoms with Crippen molar-refractivity contribution in [3.63, 3.8) is 0 Å². The van der Waals surface area contributed by atoms with Gasteiger partial charge in [-0.05, 0) is 23.8 Å². The van der Waals surface area contributed by atoms with Crippen molar-refractivity contribution in [2.75, 3.05) is 6.54 Å². The first-order valence-corrected chi connectivity index (χ1v) is 6.17. The predicted octanol–water partition coefficient (Wildman–Crippen LogP) is 1.41. The van der Waals surface area contributed by atoms with Crippen molar-refractivity contribution in [1.29, 1.82) is 0 Å². The second-order valence-electron chi connectivity index (χ2n) is 4.48. The van der Waals surface area contributed by atoms with Gasteiger partial charge in [0.15, 0.2) is 0 Å². The van der Waals surface area contributed by atoms with Crippen molar-refractivity contribution in [2.45, 2.75) is 19.4 Å². The Morgan fingerprint density at radius 2 is 2.33 bits per heavy atom. The molecule has 0 radical (unpaired) electrons. The fraction of sp³-hybridized carbons (Fsp3) is 0.286. The number of nitrogens with zero attached hydrogens (tertiary/aromatic N) is 2. The number of fused-ring (bicyclic) bond motifs is 1. The molecule has 1 N–H and O–H groups in total. The van der Waals surface area contributed by atoms with Crippen LogP contribution < -0.4 is 5.32 Å². The highest BCUT2D eigenvalue weighted by molar-refractivity contribution is 5.82. The van der Waals surface area contributed by atoms with Crippen LogP contribution in [-0.2, 0) is 19.4 Å². The summed E-state index contributed by atoms with van der Waals surface area (Å²) in [6.45, 7) is 1.80. The molecule has 1 aliphatic heterocycles. The van der Waals surface area contributed by atoms with Gasteiger partial charge in [-0.3, -0.25) is 14.3 Å². The second-order valence-corrected chi connectivity index (χ2v) is 4.48. The lowest BCUT2D eigenvalue weighted by atomic mass is 10.1. The van der Waals surface area contributed by atoms with Crippen LogP contribution in [0.4, 0.5) is 0 Å². The molecule has 0 unspecified atom stereocenters. The molecule has 92 valence electrons. The molecule has 3 rings (SSSR count). The van der Waals surface area contributed by atoms with E-state index in [4.69, 9.17) is 0 Å². The van der Waals surface area contributed by atoms with E-state index in [2.05, 4.69) is 10.3 Å². The molecule has 0 atom stereocenters. The highest BCUT2D eigenvalue weighted by Gasteiger charge is 2.17. The zero-order valence-corrected chi connectivity index (χ0v) is 10.1. The highest BCUT2D eigenvalue weighted by Crippen LogP contribution is 2.15. The molecule has 0 bridgehead atoms. The van der Waals surface area contributed by atoms with Crippen molar-refractivity contribution in [3.05, 3.63) is 53.6 Å². The first kappa shape index (κ1) is 11.2. The van der Waals surface area contributed by atoms with Gasteiger partial charge in [-0.1, -0.05) is 6.07 Å². The molecule has 0 spiro atoms. The lowest BCUT2D eigenvalue weighted by Gasteiger charge is -2.15. The van der Waals surface area contributed by atoms with E-state index in [1.807, 2.05) is 30.5 Å². The molecular formula is C14H15N3O. The Bertz CT molecular complexity index is 560. The van der Waals surface area contributed by atoms with Crippen LogP contribution in [0.15, 0.2) is 36.7 Å². The quantitative estimate of drug-likeness (QED) is 0.864. The average molecular weight is 241 g/mol. The van der Waals surface area contributed by atoms with Gasteiger partial charge in [0.2, 0.25) is 5.91 Å². The van der Waals surface area contributed by atoms with E-state index in [-0.39, 0.29) is 5.91 Å². The van der Waals surface area contributed by atoms with Gasteiger partial charge < -0.3 is 5.32 Å². The first-order chi connectivity index (χ1) is 8.84. The number of aromatic nitrogens is 2. The second kappa shape index (κ2) is 4.74. The number of pyridine rings is 1. The molecule has 1 aliphatic rings. The minimum atomic E-state index is 0.0943. The summed E-state index contributed by atoms with van der Waals surface area (Å²) in [5, 5.41) is 3.31. The molecule has 3 heterocycles. The number of hydrogen-bond donors (Lipinski definition) is 1. The summed E-state index contributed by atoms with van der Waals surface area (Å²) < 4.78 is 1.78. The Kier molecular flexibility index (Phi) is 2.94. The van der Waals surface area contributed by atoms with E-state index in [1.165, 1.54) is 5.56 Å². The number of carbonyl (C=O) groups is 1. The molecule has 0 saturated heterocycles. The molecule has 0 saturated carbocycles. The summed E-state index contributed by atoms with van der Waals surface area (Å²) in [7, 11) is 0. The number of nitrogens with one attached hydrogen (secondary N) is 1. The molecule has 2 aromatic rings. The summed E-state index contributed by atoms with van der Waals surface area (Å²) >= 11 is 0. The van der Waals surface area contributed by atoms with Gasteiger partial charge in [-0.2, -0.15) is 0 Å². The molecule has 18 heavy (non-hydrogen) atoms. The van der Waals surface area contributed by atoms with Crippen molar-refractivity contribution in [2.24, 2.45) is 0 Å². The van der Waals surface area contributed by atoms with Gasteiger partial charge in [0.25, 0.3) is 0 Å². The normalized spacial score (nSPS) is 14.2. The zero-order valence-electron chi connectivity index (χ0n) is 10.1. The lowest BCUT2D eigenvalue weighted by molar-refractivity contribution is 0.0909. The Hall–Kier alpha value is -1.94. The molecule has 4 nitrogen and oxygen atoms in total. The maximum Gasteiger partial charge on any atom is 0.236 e. The van der Waals surface area contributed by atoms with Crippen molar-refractivity contribution >= 4 is 5.91 Å². The molecule has 0 aromatic carbocycles. The SMILES string of the molecule is O=C(Cc1ccccn1)n1ccc2c1CCNC2. The van der Waals surface area contributed by atoms with E-state index in [9.17, 15) is 4.79 Å². The van der Waals surface area contributed by atoms with E-state index >= 15 is 0 Å². The van der Waals surface area contributed by atoms with Gasteiger partial charge in [-0.15, -0.1) is 0 Å². The maximum absolute atomic E-state index is 12.2. The van der Waals surface area contributed by atoms with Crippen LogP contribution in [0, 0.1) is 0 Å². The van der Waals surface area contributed by atoms with Crippen molar-refractivity contribution in [3.8, 4) is 0 Å². The maximum atomic E-state index is 12.2. The predicted molar refractivity (Wildman–Crippen MR) is 68.4 cm³/mol. The van der Waals surface area contributed by atoms with Crippen molar-refractivity contribution < 1.29 is 4.79 Å². The van der Waals surface area contributed by atoms with E-state index in [1.54, 1.807) is 10.8 Å². The van der Waals surface area contributed by atoms with E-state index in [0.29, 0.717) is 6.42 Å². The van der Waals surface area contributed by atoms with Gasteiger partial charge in [0, 0.05) is 43.3 Å². The fourth-order valence-electron chi connectivity index (χ4n) is 2.35. The van der Waals surface area contributed by atoms with Crippen LogP contribution in [0.2, 0.25) is 0 Å². The molecule has 4 heteroatoms. The van der Waals surface area contributed by atoms with Crippen LogP contribution in [0.3, 0.4) is 0 Å². The Labute approximate surface area is 106 Å². The van der Waals surface area contributed by atoms with Gasteiger partial charge in [0.05, 0.1) is 6.42 Å². The largest absolute Gasteiger partial charge is 0.312 e. The summed E-state index contributed by atoms with van der Waals surface area (Å²) in [5.74, 6) is 0.0943. The third-order valence-corrected chi connectivity index (χ3v) is 3.27. The molecule has 0 fully saturated rings. The van der Waals surface area contributed by atoms with Gasteiger partial charge >= 0.3 is 0 Å². The van der Waals surface area contributed by atoms with Crippen LogP contribution in [0.1, 0.15) is 21.7 Å². The van der Waals surface area contributed by atoms with E-state index < -0.39 is 0 Å². The highest BCUT2D eigenvalue weighted by atomic mass is 16.2. The Morgan fingerprint density at radius 3 is 3.17 bits per heavy atom. The first-order valence-electron chi connectivity index (χ1n) is 6.17.